The minimum atomic E-state index is -0.533. The quantitative estimate of drug-likeness (QED) is 0.684. The van der Waals surface area contributed by atoms with Crippen LogP contribution in [0.3, 0.4) is 0 Å². The molecule has 76 valence electrons. The van der Waals surface area contributed by atoms with E-state index in [1.54, 1.807) is 0 Å². The molecule has 0 aromatic carbocycles. The maximum absolute atomic E-state index is 10.2. The van der Waals surface area contributed by atoms with E-state index in [-0.39, 0.29) is 6.04 Å². The van der Waals surface area contributed by atoms with Crippen LogP contribution >= 0.6 is 0 Å². The van der Waals surface area contributed by atoms with Crippen molar-refractivity contribution in [2.45, 2.75) is 57.6 Å². The van der Waals surface area contributed by atoms with Crippen molar-refractivity contribution in [2.75, 3.05) is 0 Å². The van der Waals surface area contributed by atoms with E-state index in [1.165, 1.54) is 19.3 Å². The van der Waals surface area contributed by atoms with Gasteiger partial charge in [0.25, 0.3) is 0 Å². The molecule has 2 aliphatic carbocycles. The smallest absolute Gasteiger partial charge is 0.0810 e. The second-order valence-corrected chi connectivity index (χ2v) is 5.84. The Balaban J connectivity index is 1.93. The summed E-state index contributed by atoms with van der Waals surface area (Å²) in [6.45, 7) is 4.41. The van der Waals surface area contributed by atoms with Gasteiger partial charge in [-0.05, 0) is 37.0 Å². The summed E-state index contributed by atoms with van der Waals surface area (Å²) in [7, 11) is 0. The van der Waals surface area contributed by atoms with Gasteiger partial charge in [0.2, 0.25) is 0 Å². The molecule has 2 aliphatic rings. The van der Waals surface area contributed by atoms with Crippen LogP contribution in [0.15, 0.2) is 0 Å². The topological polar surface area (TPSA) is 46.2 Å². The highest BCUT2D eigenvalue weighted by Crippen LogP contribution is 2.51. The molecule has 0 aliphatic heterocycles. The molecule has 2 fully saturated rings. The van der Waals surface area contributed by atoms with Gasteiger partial charge in [0.05, 0.1) is 5.60 Å². The summed E-state index contributed by atoms with van der Waals surface area (Å²) in [5.74, 6) is 0.598. The van der Waals surface area contributed by atoms with Gasteiger partial charge in [-0.15, -0.1) is 0 Å². The lowest BCUT2D eigenvalue weighted by Gasteiger charge is -2.55. The van der Waals surface area contributed by atoms with Gasteiger partial charge in [-0.1, -0.05) is 20.3 Å². The number of hydrogen-bond donors (Lipinski definition) is 2. The summed E-state index contributed by atoms with van der Waals surface area (Å²) >= 11 is 0. The lowest BCUT2D eigenvalue weighted by molar-refractivity contribution is -0.143. The maximum Gasteiger partial charge on any atom is 0.0810 e. The van der Waals surface area contributed by atoms with Crippen molar-refractivity contribution in [3.63, 3.8) is 0 Å². The van der Waals surface area contributed by atoms with Gasteiger partial charge in [-0.3, -0.25) is 0 Å². The number of aliphatic hydroxyl groups is 1. The molecule has 0 bridgehead atoms. The van der Waals surface area contributed by atoms with Crippen molar-refractivity contribution < 1.29 is 5.11 Å². The largest absolute Gasteiger partial charge is 0.388 e. The number of nitrogens with two attached hydrogens (primary N) is 1. The second kappa shape index (κ2) is 2.71. The Bertz CT molecular complexity index is 200. The lowest BCUT2D eigenvalue weighted by Crippen LogP contribution is -2.63. The molecule has 0 spiro atoms. The Morgan fingerprint density at radius 3 is 2.15 bits per heavy atom. The molecule has 0 amide bonds. The molecule has 3 N–H and O–H groups in total. The van der Waals surface area contributed by atoms with E-state index >= 15 is 0 Å². The van der Waals surface area contributed by atoms with Gasteiger partial charge < -0.3 is 10.8 Å². The standard InChI is InChI=1S/C11H21NO/c1-10(2)6-11(13,7-10)9(12)8-4-3-5-8/h8-9,13H,3-7,12H2,1-2H3. The zero-order chi connectivity index (χ0) is 9.69. The first-order valence-electron chi connectivity index (χ1n) is 5.41. The van der Waals surface area contributed by atoms with Crippen LogP contribution in [0.5, 0.6) is 0 Å². The van der Waals surface area contributed by atoms with Crippen LogP contribution in [0.1, 0.15) is 46.0 Å². The zero-order valence-corrected chi connectivity index (χ0v) is 8.71. The molecule has 2 rings (SSSR count). The molecule has 0 heterocycles. The molecule has 0 aromatic rings. The second-order valence-electron chi connectivity index (χ2n) is 5.84. The molecule has 1 atom stereocenters. The summed E-state index contributed by atoms with van der Waals surface area (Å²) in [6.07, 6.45) is 5.53. The summed E-state index contributed by atoms with van der Waals surface area (Å²) in [5, 5.41) is 10.2. The fourth-order valence-corrected chi connectivity index (χ4v) is 3.08. The highest BCUT2D eigenvalue weighted by Gasteiger charge is 2.53. The van der Waals surface area contributed by atoms with E-state index in [2.05, 4.69) is 13.8 Å². The maximum atomic E-state index is 10.2. The molecule has 1 unspecified atom stereocenters. The number of rotatable bonds is 2. The lowest BCUT2D eigenvalue weighted by atomic mass is 9.55. The van der Waals surface area contributed by atoms with Crippen molar-refractivity contribution in [1.82, 2.24) is 0 Å². The van der Waals surface area contributed by atoms with Crippen molar-refractivity contribution in [1.29, 1.82) is 0 Å². The van der Waals surface area contributed by atoms with Crippen molar-refractivity contribution in [3.8, 4) is 0 Å². The Hall–Kier alpha value is -0.0800. The molecular formula is C11H21NO. The monoisotopic (exact) mass is 183 g/mol. The van der Waals surface area contributed by atoms with Gasteiger partial charge in [-0.2, -0.15) is 0 Å². The van der Waals surface area contributed by atoms with Crippen LogP contribution in [0.25, 0.3) is 0 Å². The Morgan fingerprint density at radius 1 is 1.31 bits per heavy atom. The van der Waals surface area contributed by atoms with E-state index in [9.17, 15) is 5.11 Å². The first-order chi connectivity index (χ1) is 5.93. The van der Waals surface area contributed by atoms with Gasteiger partial charge in [0, 0.05) is 6.04 Å². The molecule has 2 heteroatoms. The van der Waals surface area contributed by atoms with Crippen LogP contribution < -0.4 is 5.73 Å². The fourth-order valence-electron chi connectivity index (χ4n) is 3.08. The van der Waals surface area contributed by atoms with E-state index in [0.717, 1.165) is 12.8 Å². The van der Waals surface area contributed by atoms with Crippen molar-refractivity contribution in [3.05, 3.63) is 0 Å². The summed E-state index contributed by atoms with van der Waals surface area (Å²) in [4.78, 5) is 0. The van der Waals surface area contributed by atoms with Gasteiger partial charge in [0.15, 0.2) is 0 Å². The SMILES string of the molecule is CC1(C)CC(O)(C(N)C2CCC2)C1. The Morgan fingerprint density at radius 2 is 1.85 bits per heavy atom. The molecule has 2 saturated carbocycles. The molecular weight excluding hydrogens is 162 g/mol. The van der Waals surface area contributed by atoms with E-state index in [4.69, 9.17) is 5.73 Å². The van der Waals surface area contributed by atoms with Crippen LogP contribution in [0.4, 0.5) is 0 Å². The van der Waals surface area contributed by atoms with Gasteiger partial charge in [-0.25, -0.2) is 0 Å². The minimum Gasteiger partial charge on any atom is -0.388 e. The van der Waals surface area contributed by atoms with Gasteiger partial charge in [0.1, 0.15) is 0 Å². The third-order valence-corrected chi connectivity index (χ3v) is 3.85. The van der Waals surface area contributed by atoms with E-state index in [1.807, 2.05) is 0 Å². The van der Waals surface area contributed by atoms with E-state index in [0.29, 0.717) is 11.3 Å². The van der Waals surface area contributed by atoms with E-state index < -0.39 is 5.60 Å². The normalized spacial score (nSPS) is 33.2. The Labute approximate surface area is 80.5 Å². The summed E-state index contributed by atoms with van der Waals surface area (Å²) < 4.78 is 0. The number of hydrogen-bond acceptors (Lipinski definition) is 2. The average molecular weight is 183 g/mol. The van der Waals surface area contributed by atoms with Gasteiger partial charge >= 0.3 is 0 Å². The first-order valence-corrected chi connectivity index (χ1v) is 5.41. The first kappa shape index (κ1) is 9.47. The third kappa shape index (κ3) is 1.50. The summed E-state index contributed by atoms with van der Waals surface area (Å²) in [5.41, 5.74) is 5.87. The predicted molar refractivity (Wildman–Crippen MR) is 53.3 cm³/mol. The molecule has 0 aromatic heterocycles. The minimum absolute atomic E-state index is 0.0364. The highest BCUT2D eigenvalue weighted by atomic mass is 16.3. The summed E-state index contributed by atoms with van der Waals surface area (Å²) in [6, 6.07) is 0.0364. The highest BCUT2D eigenvalue weighted by molar-refractivity contribution is 5.07. The average Bonchev–Trinajstić information content (AvgIpc) is 1.78. The van der Waals surface area contributed by atoms with Crippen molar-refractivity contribution in [2.24, 2.45) is 17.1 Å². The molecule has 0 radical (unpaired) electrons. The molecule has 0 saturated heterocycles. The van der Waals surface area contributed by atoms with Crippen LogP contribution in [0, 0.1) is 11.3 Å². The third-order valence-electron chi connectivity index (χ3n) is 3.85. The molecule has 13 heavy (non-hydrogen) atoms. The van der Waals surface area contributed by atoms with Crippen LogP contribution in [-0.2, 0) is 0 Å². The Kier molecular flexibility index (Phi) is 1.97. The molecule has 2 nitrogen and oxygen atoms in total. The van der Waals surface area contributed by atoms with Crippen LogP contribution in [0.2, 0.25) is 0 Å². The van der Waals surface area contributed by atoms with Crippen molar-refractivity contribution >= 4 is 0 Å². The zero-order valence-electron chi connectivity index (χ0n) is 8.71. The predicted octanol–water partition coefficient (Wildman–Crippen LogP) is 1.66. The fraction of sp³-hybridized carbons (Fsp3) is 1.00. The van der Waals surface area contributed by atoms with Crippen LogP contribution in [-0.4, -0.2) is 16.7 Å².